The molecule has 0 saturated heterocycles. The van der Waals surface area contributed by atoms with Crippen molar-refractivity contribution in [2.75, 3.05) is 31.3 Å². The number of methoxy groups -OCH3 is 1. The fraction of sp³-hybridized carbons (Fsp3) is 0.474. The van der Waals surface area contributed by atoms with Crippen molar-refractivity contribution in [2.45, 2.75) is 40.0 Å². The van der Waals surface area contributed by atoms with Gasteiger partial charge >= 0.3 is 8.03 Å². The molecule has 0 amide bonds. The second-order valence-electron chi connectivity index (χ2n) is 6.12. The highest BCUT2D eigenvalue weighted by Crippen LogP contribution is 2.29. The van der Waals surface area contributed by atoms with Crippen LogP contribution in [0.25, 0.3) is 0 Å². The lowest BCUT2D eigenvalue weighted by atomic mass is 10.0. The van der Waals surface area contributed by atoms with E-state index in [4.69, 9.17) is 15.0 Å². The summed E-state index contributed by atoms with van der Waals surface area (Å²) >= 11 is 0. The van der Waals surface area contributed by atoms with E-state index in [1.165, 1.54) is 0 Å². The lowest BCUT2D eigenvalue weighted by Gasteiger charge is -2.15. The number of benzene rings is 1. The molecule has 0 spiro atoms. The molecule has 1 atom stereocenters. The Bertz CT molecular complexity index is 799. The quantitative estimate of drug-likeness (QED) is 0.472. The molecule has 0 radical (unpaired) electrons. The lowest BCUT2D eigenvalue weighted by Crippen LogP contribution is -2.12. The molecule has 0 aliphatic carbocycles. The van der Waals surface area contributed by atoms with E-state index in [1.807, 2.05) is 26.0 Å². The highest BCUT2D eigenvalue weighted by Gasteiger charge is 2.24. The Balaban J connectivity index is 2.40. The smallest absolute Gasteiger partial charge is 0.496 e. The molecule has 3 N–H and O–H groups in total. The number of hydrogen-bond acceptors (Lipinski definition) is 7. The van der Waals surface area contributed by atoms with Crippen LogP contribution < -0.4 is 21.1 Å². The van der Waals surface area contributed by atoms with E-state index in [2.05, 4.69) is 22.2 Å². The average Bonchev–Trinajstić information content (AvgIpc) is 2.64. The summed E-state index contributed by atoms with van der Waals surface area (Å²) in [6.07, 6.45) is 2.66. The number of aromatic nitrogens is 2. The van der Waals surface area contributed by atoms with Crippen molar-refractivity contribution < 1.29 is 13.8 Å². The van der Waals surface area contributed by atoms with Crippen LogP contribution in [0.15, 0.2) is 18.2 Å². The van der Waals surface area contributed by atoms with Gasteiger partial charge in [0.2, 0.25) is 11.3 Å². The summed E-state index contributed by atoms with van der Waals surface area (Å²) in [7, 11) is -0.270. The molecular formula is C19H28N4O3P+. The molecule has 1 aromatic heterocycles. The largest absolute Gasteiger partial charge is 0.548 e. The number of nitrogens with zero attached hydrogens (tertiary/aromatic N) is 2. The van der Waals surface area contributed by atoms with Gasteiger partial charge in [0.15, 0.2) is 0 Å². The molecular weight excluding hydrogens is 363 g/mol. The summed E-state index contributed by atoms with van der Waals surface area (Å²) in [6.45, 7) is 7.08. The number of unbranched alkanes of at least 4 members (excludes halogenated alkanes) is 1. The molecule has 0 bridgehead atoms. The second kappa shape index (κ2) is 10.2. The van der Waals surface area contributed by atoms with E-state index < -0.39 is 8.03 Å². The monoisotopic (exact) mass is 391 g/mol. The van der Waals surface area contributed by atoms with Crippen LogP contribution in [0, 0.1) is 6.92 Å². The number of rotatable bonds is 10. The summed E-state index contributed by atoms with van der Waals surface area (Å²) in [5.74, 6) is 1.69. The van der Waals surface area contributed by atoms with Crippen molar-refractivity contribution in [1.82, 2.24) is 9.97 Å². The second-order valence-corrected chi connectivity index (χ2v) is 7.41. The van der Waals surface area contributed by atoms with Gasteiger partial charge in [-0.05, 0) is 37.0 Å². The standard InChI is InChI=1S/C19H28N4O3P/c1-5-7-10-21-18-16(13(3)22-19(20)23-18)12-14-11-15(27(24)26-6-2)8-9-17(14)25-4/h8-9,11H,5-7,10,12H2,1-4H3,(H3,20,21,22,23)/q+1. The van der Waals surface area contributed by atoms with E-state index in [1.54, 1.807) is 13.2 Å². The van der Waals surface area contributed by atoms with Crippen molar-refractivity contribution >= 4 is 25.1 Å². The topological polar surface area (TPSA) is 99.4 Å². The molecule has 0 aliphatic heterocycles. The summed E-state index contributed by atoms with van der Waals surface area (Å²) in [5, 5.41) is 3.99. The van der Waals surface area contributed by atoms with Gasteiger partial charge in [0, 0.05) is 35.9 Å². The minimum Gasteiger partial charge on any atom is -0.496 e. The van der Waals surface area contributed by atoms with Gasteiger partial charge in [0.05, 0.1) is 7.11 Å². The number of hydrogen-bond donors (Lipinski definition) is 2. The number of nitrogens with two attached hydrogens (primary N) is 1. The number of anilines is 2. The molecule has 27 heavy (non-hydrogen) atoms. The SMILES string of the molecule is CCCCNc1nc(N)nc(C)c1Cc1cc([P+](=O)OCC)ccc1OC. The van der Waals surface area contributed by atoms with Crippen molar-refractivity contribution in [3.05, 3.63) is 35.0 Å². The van der Waals surface area contributed by atoms with Gasteiger partial charge in [-0.25, -0.2) is 4.98 Å². The molecule has 2 aromatic rings. The first-order chi connectivity index (χ1) is 13.0. The maximum Gasteiger partial charge on any atom is 0.548 e. The molecule has 8 heteroatoms. The van der Waals surface area contributed by atoms with E-state index in [0.717, 1.165) is 47.8 Å². The summed E-state index contributed by atoms with van der Waals surface area (Å²) in [4.78, 5) is 8.68. The third-order valence-corrected chi connectivity index (χ3v) is 5.33. The van der Waals surface area contributed by atoms with Crippen LogP contribution in [0.3, 0.4) is 0 Å². The Labute approximate surface area is 161 Å². The zero-order chi connectivity index (χ0) is 19.8. The van der Waals surface area contributed by atoms with Gasteiger partial charge in [-0.1, -0.05) is 13.3 Å². The lowest BCUT2D eigenvalue weighted by molar-refractivity contribution is 0.357. The maximum atomic E-state index is 12.2. The minimum absolute atomic E-state index is 0.246. The Kier molecular flexibility index (Phi) is 7.95. The maximum absolute atomic E-state index is 12.2. The summed E-state index contributed by atoms with van der Waals surface area (Å²) < 4.78 is 23.0. The van der Waals surface area contributed by atoms with Gasteiger partial charge in [-0.15, -0.1) is 4.52 Å². The van der Waals surface area contributed by atoms with E-state index in [-0.39, 0.29) is 5.95 Å². The van der Waals surface area contributed by atoms with Gasteiger partial charge < -0.3 is 15.8 Å². The van der Waals surface area contributed by atoms with Crippen LogP contribution in [0.4, 0.5) is 11.8 Å². The van der Waals surface area contributed by atoms with Crippen molar-refractivity contribution in [3.63, 3.8) is 0 Å². The Hall–Kier alpha value is -2.24. The zero-order valence-corrected chi connectivity index (χ0v) is 17.3. The molecule has 2 rings (SSSR count). The Morgan fingerprint density at radius 3 is 2.70 bits per heavy atom. The van der Waals surface area contributed by atoms with Crippen LogP contribution in [-0.2, 0) is 15.5 Å². The Morgan fingerprint density at radius 2 is 2.04 bits per heavy atom. The predicted octanol–water partition coefficient (Wildman–Crippen LogP) is 3.58. The Morgan fingerprint density at radius 1 is 1.26 bits per heavy atom. The highest BCUT2D eigenvalue weighted by molar-refractivity contribution is 7.48. The van der Waals surface area contributed by atoms with E-state index >= 15 is 0 Å². The van der Waals surface area contributed by atoms with Crippen molar-refractivity contribution in [3.8, 4) is 5.75 Å². The van der Waals surface area contributed by atoms with E-state index in [9.17, 15) is 4.57 Å². The first kappa shape index (κ1) is 21.1. The highest BCUT2D eigenvalue weighted by atomic mass is 31.1. The molecule has 1 heterocycles. The first-order valence-electron chi connectivity index (χ1n) is 9.14. The molecule has 0 aliphatic rings. The van der Waals surface area contributed by atoms with Gasteiger partial charge in [-0.2, -0.15) is 4.98 Å². The fourth-order valence-electron chi connectivity index (χ4n) is 2.76. The van der Waals surface area contributed by atoms with Crippen LogP contribution in [-0.4, -0.2) is 30.2 Å². The molecule has 0 fully saturated rings. The summed E-state index contributed by atoms with van der Waals surface area (Å²) in [6, 6.07) is 5.44. The van der Waals surface area contributed by atoms with Crippen LogP contribution in [0.2, 0.25) is 0 Å². The molecule has 0 saturated carbocycles. The third kappa shape index (κ3) is 5.62. The molecule has 146 valence electrons. The number of ether oxygens (including phenoxy) is 1. The minimum atomic E-state index is -1.89. The first-order valence-corrected chi connectivity index (χ1v) is 10.3. The zero-order valence-electron chi connectivity index (χ0n) is 16.4. The molecule has 1 aromatic carbocycles. The molecule has 7 nitrogen and oxygen atoms in total. The van der Waals surface area contributed by atoms with Crippen LogP contribution >= 0.6 is 8.03 Å². The average molecular weight is 391 g/mol. The van der Waals surface area contributed by atoms with Crippen LogP contribution in [0.5, 0.6) is 5.75 Å². The normalized spacial score (nSPS) is 11.3. The van der Waals surface area contributed by atoms with Gasteiger partial charge in [0.1, 0.15) is 18.2 Å². The number of nitrogen functional groups attached to an aromatic ring is 1. The van der Waals surface area contributed by atoms with Crippen molar-refractivity contribution in [2.24, 2.45) is 0 Å². The van der Waals surface area contributed by atoms with Gasteiger partial charge in [-0.3, -0.25) is 0 Å². The number of nitrogens with one attached hydrogen (secondary N) is 1. The molecule has 1 unspecified atom stereocenters. The van der Waals surface area contributed by atoms with Gasteiger partial charge in [0.25, 0.3) is 0 Å². The van der Waals surface area contributed by atoms with E-state index in [0.29, 0.717) is 18.3 Å². The van der Waals surface area contributed by atoms with Crippen molar-refractivity contribution in [1.29, 1.82) is 0 Å². The third-order valence-electron chi connectivity index (χ3n) is 4.14. The summed E-state index contributed by atoms with van der Waals surface area (Å²) in [5.41, 5.74) is 8.49. The fourth-order valence-corrected chi connectivity index (χ4v) is 3.60. The van der Waals surface area contributed by atoms with Crippen LogP contribution in [0.1, 0.15) is 43.5 Å². The predicted molar refractivity (Wildman–Crippen MR) is 109 cm³/mol. The number of aryl methyl sites for hydroxylation is 1.